The Morgan fingerprint density at radius 1 is 1.38 bits per heavy atom. The third kappa shape index (κ3) is 3.94. The summed E-state index contributed by atoms with van der Waals surface area (Å²) in [5.74, 6) is 0. The monoisotopic (exact) mass is 224 g/mol. The minimum Gasteiger partial charge on any atom is -0.310 e. The molecule has 16 heavy (non-hydrogen) atoms. The van der Waals surface area contributed by atoms with E-state index in [1.54, 1.807) is 0 Å². The van der Waals surface area contributed by atoms with Gasteiger partial charge in [0.05, 0.1) is 11.4 Å². The summed E-state index contributed by atoms with van der Waals surface area (Å²) in [4.78, 5) is 2.18. The number of aromatic nitrogens is 2. The van der Waals surface area contributed by atoms with Gasteiger partial charge in [0.15, 0.2) is 0 Å². The summed E-state index contributed by atoms with van der Waals surface area (Å²) in [6, 6.07) is 2.20. The molecule has 1 aromatic rings. The van der Waals surface area contributed by atoms with Gasteiger partial charge in [-0.05, 0) is 33.5 Å². The minimum atomic E-state index is 0.911. The van der Waals surface area contributed by atoms with Crippen LogP contribution < -0.4 is 5.32 Å². The van der Waals surface area contributed by atoms with Crippen LogP contribution in [0.1, 0.15) is 25.2 Å². The molecule has 1 heterocycles. The van der Waals surface area contributed by atoms with Gasteiger partial charge in [0.1, 0.15) is 0 Å². The van der Waals surface area contributed by atoms with Crippen molar-refractivity contribution in [1.82, 2.24) is 20.0 Å². The number of hydrogen-bond donors (Lipinski definition) is 1. The second-order valence-corrected chi connectivity index (χ2v) is 4.28. The first-order chi connectivity index (χ1) is 7.67. The van der Waals surface area contributed by atoms with Gasteiger partial charge in [-0.25, -0.2) is 0 Å². The largest absolute Gasteiger partial charge is 0.310 e. The van der Waals surface area contributed by atoms with Crippen LogP contribution in [0.25, 0.3) is 0 Å². The van der Waals surface area contributed by atoms with Crippen molar-refractivity contribution >= 4 is 0 Å². The Kier molecular flexibility index (Phi) is 5.49. The van der Waals surface area contributed by atoms with Crippen molar-refractivity contribution in [3.8, 4) is 0 Å². The second kappa shape index (κ2) is 6.66. The maximum atomic E-state index is 4.53. The molecule has 0 saturated heterocycles. The number of aryl methyl sites for hydroxylation is 2. The Balaban J connectivity index is 2.43. The van der Waals surface area contributed by atoms with Gasteiger partial charge in [-0.3, -0.25) is 4.68 Å². The van der Waals surface area contributed by atoms with Gasteiger partial charge in [-0.2, -0.15) is 5.10 Å². The van der Waals surface area contributed by atoms with E-state index in [4.69, 9.17) is 0 Å². The third-order valence-electron chi connectivity index (χ3n) is 2.62. The summed E-state index contributed by atoms with van der Waals surface area (Å²) >= 11 is 0. The van der Waals surface area contributed by atoms with E-state index < -0.39 is 0 Å². The molecule has 0 radical (unpaired) electrons. The van der Waals surface area contributed by atoms with Crippen molar-refractivity contribution in [2.24, 2.45) is 0 Å². The van der Waals surface area contributed by atoms with Crippen molar-refractivity contribution in [1.29, 1.82) is 0 Å². The van der Waals surface area contributed by atoms with Gasteiger partial charge in [0, 0.05) is 26.2 Å². The number of hydrogen-bond acceptors (Lipinski definition) is 3. The molecule has 0 spiro atoms. The van der Waals surface area contributed by atoms with Crippen LogP contribution >= 0.6 is 0 Å². The van der Waals surface area contributed by atoms with E-state index in [1.807, 2.05) is 0 Å². The topological polar surface area (TPSA) is 33.1 Å². The zero-order valence-electron chi connectivity index (χ0n) is 11.0. The van der Waals surface area contributed by atoms with E-state index in [2.05, 4.69) is 54.0 Å². The standard InChI is InChI=1S/C12H24N4/c1-5-11-9-12(16(6-2)14-11)10-13-7-8-15(3)4/h9,13H,5-8,10H2,1-4H3. The molecule has 1 N–H and O–H groups in total. The zero-order chi connectivity index (χ0) is 12.0. The quantitative estimate of drug-likeness (QED) is 0.705. The van der Waals surface area contributed by atoms with E-state index in [0.29, 0.717) is 0 Å². The maximum Gasteiger partial charge on any atom is 0.0625 e. The molecule has 0 aliphatic heterocycles. The summed E-state index contributed by atoms with van der Waals surface area (Å²) in [5.41, 5.74) is 2.48. The molecule has 1 aromatic heterocycles. The highest BCUT2D eigenvalue weighted by atomic mass is 15.3. The fraction of sp³-hybridized carbons (Fsp3) is 0.750. The van der Waals surface area contributed by atoms with Crippen LogP contribution in [0.5, 0.6) is 0 Å². The maximum absolute atomic E-state index is 4.53. The molecule has 4 heteroatoms. The second-order valence-electron chi connectivity index (χ2n) is 4.28. The van der Waals surface area contributed by atoms with E-state index in [9.17, 15) is 0 Å². The fourth-order valence-electron chi connectivity index (χ4n) is 1.62. The molecule has 0 bridgehead atoms. The van der Waals surface area contributed by atoms with Crippen LogP contribution in [0.15, 0.2) is 6.07 Å². The van der Waals surface area contributed by atoms with Gasteiger partial charge in [0.25, 0.3) is 0 Å². The Morgan fingerprint density at radius 2 is 2.12 bits per heavy atom. The summed E-state index contributed by atoms with van der Waals surface area (Å²) in [6.07, 6.45) is 1.01. The molecule has 0 saturated carbocycles. The van der Waals surface area contributed by atoms with Gasteiger partial charge in [0.2, 0.25) is 0 Å². The van der Waals surface area contributed by atoms with Crippen molar-refractivity contribution in [3.05, 3.63) is 17.5 Å². The summed E-state index contributed by atoms with van der Waals surface area (Å²) in [5, 5.41) is 7.97. The smallest absolute Gasteiger partial charge is 0.0625 e. The van der Waals surface area contributed by atoms with E-state index in [0.717, 1.165) is 32.6 Å². The molecule has 4 nitrogen and oxygen atoms in total. The first-order valence-electron chi connectivity index (χ1n) is 6.08. The molecule has 0 aliphatic carbocycles. The van der Waals surface area contributed by atoms with Crippen LogP contribution in [0, 0.1) is 0 Å². The average Bonchev–Trinajstić information content (AvgIpc) is 2.66. The van der Waals surface area contributed by atoms with Crippen LogP contribution in [0.4, 0.5) is 0 Å². The summed E-state index contributed by atoms with van der Waals surface area (Å²) < 4.78 is 2.08. The molecular weight excluding hydrogens is 200 g/mol. The lowest BCUT2D eigenvalue weighted by Gasteiger charge is -2.10. The van der Waals surface area contributed by atoms with Gasteiger partial charge in [-0.1, -0.05) is 6.92 Å². The number of nitrogens with zero attached hydrogens (tertiary/aromatic N) is 3. The first kappa shape index (κ1) is 13.2. The van der Waals surface area contributed by atoms with Crippen molar-refractivity contribution in [2.45, 2.75) is 33.4 Å². The molecular formula is C12H24N4. The molecule has 1 rings (SSSR count). The lowest BCUT2D eigenvalue weighted by molar-refractivity contribution is 0.398. The van der Waals surface area contributed by atoms with Crippen LogP contribution in [0.2, 0.25) is 0 Å². The zero-order valence-corrected chi connectivity index (χ0v) is 11.0. The molecule has 0 aliphatic rings. The predicted octanol–water partition coefficient (Wildman–Crippen LogP) is 1.12. The molecule has 0 fully saturated rings. The van der Waals surface area contributed by atoms with E-state index in [1.165, 1.54) is 11.4 Å². The highest BCUT2D eigenvalue weighted by molar-refractivity contribution is 5.10. The number of likely N-dealkylation sites (N-methyl/N-ethyl adjacent to an activating group) is 1. The van der Waals surface area contributed by atoms with Crippen molar-refractivity contribution < 1.29 is 0 Å². The van der Waals surface area contributed by atoms with Crippen molar-refractivity contribution in [2.75, 3.05) is 27.2 Å². The Hall–Kier alpha value is -0.870. The highest BCUT2D eigenvalue weighted by Gasteiger charge is 2.04. The van der Waals surface area contributed by atoms with Crippen LogP contribution in [-0.4, -0.2) is 41.9 Å². The van der Waals surface area contributed by atoms with Gasteiger partial charge >= 0.3 is 0 Å². The fourth-order valence-corrected chi connectivity index (χ4v) is 1.62. The van der Waals surface area contributed by atoms with Crippen LogP contribution in [0.3, 0.4) is 0 Å². The number of rotatable bonds is 7. The molecule has 0 unspecified atom stereocenters. The first-order valence-corrected chi connectivity index (χ1v) is 6.08. The number of nitrogens with one attached hydrogen (secondary N) is 1. The minimum absolute atomic E-state index is 0.911. The molecule has 0 atom stereocenters. The van der Waals surface area contributed by atoms with E-state index in [-0.39, 0.29) is 0 Å². The summed E-state index contributed by atoms with van der Waals surface area (Å²) in [6.45, 7) is 8.23. The lowest BCUT2D eigenvalue weighted by atomic mass is 10.3. The normalized spacial score (nSPS) is 11.3. The lowest BCUT2D eigenvalue weighted by Crippen LogP contribution is -2.27. The SMILES string of the molecule is CCc1cc(CNCCN(C)C)n(CC)n1. The summed E-state index contributed by atoms with van der Waals surface area (Å²) in [7, 11) is 4.18. The highest BCUT2D eigenvalue weighted by Crippen LogP contribution is 2.05. The Labute approximate surface area is 98.6 Å². The Bertz CT molecular complexity index is 304. The van der Waals surface area contributed by atoms with Gasteiger partial charge in [-0.15, -0.1) is 0 Å². The third-order valence-corrected chi connectivity index (χ3v) is 2.62. The molecule has 0 aromatic carbocycles. The van der Waals surface area contributed by atoms with E-state index >= 15 is 0 Å². The van der Waals surface area contributed by atoms with Crippen LogP contribution in [-0.2, 0) is 19.5 Å². The average molecular weight is 224 g/mol. The van der Waals surface area contributed by atoms with Gasteiger partial charge < -0.3 is 10.2 Å². The molecule has 92 valence electrons. The van der Waals surface area contributed by atoms with Crippen molar-refractivity contribution in [3.63, 3.8) is 0 Å². The predicted molar refractivity (Wildman–Crippen MR) is 67.5 cm³/mol. The molecule has 0 amide bonds. The Morgan fingerprint density at radius 3 is 2.69 bits per heavy atom.